The Hall–Kier alpha value is -1.07. The summed E-state index contributed by atoms with van der Waals surface area (Å²) < 4.78 is 5.43. The lowest BCUT2D eigenvalue weighted by Crippen LogP contribution is -2.40. The zero-order valence-electron chi connectivity index (χ0n) is 9.78. The maximum Gasteiger partial charge on any atom is 0.314 e. The molecule has 1 aromatic rings. The van der Waals surface area contributed by atoms with Crippen molar-refractivity contribution in [3.05, 3.63) is 22.4 Å². The van der Waals surface area contributed by atoms with E-state index in [0.29, 0.717) is 13.1 Å². The molecule has 0 aromatic carbocycles. The molecule has 0 aliphatic carbocycles. The number of thiophene rings is 1. The van der Waals surface area contributed by atoms with Crippen LogP contribution in [0.2, 0.25) is 0 Å². The molecule has 0 saturated carbocycles. The average Bonchev–Trinajstić information content (AvgIpc) is 2.99. The topological polar surface area (TPSA) is 50.4 Å². The fourth-order valence-electron chi connectivity index (χ4n) is 1.83. The first-order chi connectivity index (χ1) is 8.34. The van der Waals surface area contributed by atoms with Crippen molar-refractivity contribution >= 4 is 17.4 Å². The SMILES string of the molecule is O=C(NCCc1cccs1)NCC1CCCO1. The van der Waals surface area contributed by atoms with Gasteiger partial charge in [-0.2, -0.15) is 0 Å². The molecule has 2 N–H and O–H groups in total. The zero-order valence-corrected chi connectivity index (χ0v) is 10.6. The molecule has 17 heavy (non-hydrogen) atoms. The molecule has 1 saturated heterocycles. The Labute approximate surface area is 105 Å². The van der Waals surface area contributed by atoms with Crippen LogP contribution in [-0.2, 0) is 11.2 Å². The fraction of sp³-hybridized carbons (Fsp3) is 0.583. The number of hydrogen-bond donors (Lipinski definition) is 2. The summed E-state index contributed by atoms with van der Waals surface area (Å²) in [5.41, 5.74) is 0. The molecule has 0 radical (unpaired) electrons. The van der Waals surface area contributed by atoms with E-state index in [2.05, 4.69) is 16.7 Å². The van der Waals surface area contributed by atoms with Gasteiger partial charge in [-0.1, -0.05) is 6.07 Å². The quantitative estimate of drug-likeness (QED) is 0.841. The molecule has 1 aromatic heterocycles. The van der Waals surface area contributed by atoms with Gasteiger partial charge < -0.3 is 15.4 Å². The number of urea groups is 1. The minimum absolute atomic E-state index is 0.0999. The average molecular weight is 254 g/mol. The Balaban J connectivity index is 1.54. The summed E-state index contributed by atoms with van der Waals surface area (Å²) in [7, 11) is 0. The lowest BCUT2D eigenvalue weighted by atomic mass is 10.2. The Bertz CT molecular complexity index is 334. The molecule has 2 amide bonds. The molecule has 0 spiro atoms. The van der Waals surface area contributed by atoms with Gasteiger partial charge >= 0.3 is 6.03 Å². The van der Waals surface area contributed by atoms with Crippen LogP contribution < -0.4 is 10.6 Å². The van der Waals surface area contributed by atoms with Gasteiger partial charge in [0.25, 0.3) is 0 Å². The number of ether oxygens (including phenoxy) is 1. The highest BCUT2D eigenvalue weighted by Gasteiger charge is 2.15. The summed E-state index contributed by atoms with van der Waals surface area (Å²) >= 11 is 1.72. The maximum atomic E-state index is 11.5. The molecule has 2 heterocycles. The number of carbonyl (C=O) groups excluding carboxylic acids is 1. The molecule has 1 atom stereocenters. The third kappa shape index (κ3) is 4.36. The molecule has 1 aliphatic rings. The van der Waals surface area contributed by atoms with Crippen LogP contribution in [0.3, 0.4) is 0 Å². The predicted molar refractivity (Wildman–Crippen MR) is 68.4 cm³/mol. The van der Waals surface area contributed by atoms with E-state index in [1.807, 2.05) is 11.4 Å². The van der Waals surface area contributed by atoms with Crippen LogP contribution in [0.15, 0.2) is 17.5 Å². The highest BCUT2D eigenvalue weighted by Crippen LogP contribution is 2.10. The summed E-state index contributed by atoms with van der Waals surface area (Å²) in [5.74, 6) is 0. The molecule has 1 fully saturated rings. The molecule has 0 bridgehead atoms. The van der Waals surface area contributed by atoms with Crippen LogP contribution in [0.25, 0.3) is 0 Å². The van der Waals surface area contributed by atoms with E-state index < -0.39 is 0 Å². The second-order valence-electron chi connectivity index (χ2n) is 4.10. The molecular weight excluding hydrogens is 236 g/mol. The van der Waals surface area contributed by atoms with Crippen molar-refractivity contribution in [3.8, 4) is 0 Å². The summed E-state index contributed by atoms with van der Waals surface area (Å²) in [6, 6.07) is 4.01. The van der Waals surface area contributed by atoms with E-state index in [1.165, 1.54) is 4.88 Å². The van der Waals surface area contributed by atoms with Gasteiger partial charge in [-0.3, -0.25) is 0 Å². The smallest absolute Gasteiger partial charge is 0.314 e. The predicted octanol–water partition coefficient (Wildman–Crippen LogP) is 1.77. The third-order valence-corrected chi connectivity index (χ3v) is 3.69. The van der Waals surface area contributed by atoms with Crippen molar-refractivity contribution in [2.45, 2.75) is 25.4 Å². The Kier molecular flexibility index (Phi) is 4.82. The van der Waals surface area contributed by atoms with Crippen molar-refractivity contribution in [3.63, 3.8) is 0 Å². The van der Waals surface area contributed by atoms with E-state index in [1.54, 1.807) is 11.3 Å². The molecule has 1 aliphatic heterocycles. The van der Waals surface area contributed by atoms with Crippen molar-refractivity contribution in [2.24, 2.45) is 0 Å². The van der Waals surface area contributed by atoms with Crippen LogP contribution in [0, 0.1) is 0 Å². The molecule has 4 nitrogen and oxygen atoms in total. The van der Waals surface area contributed by atoms with E-state index in [4.69, 9.17) is 4.74 Å². The summed E-state index contributed by atoms with van der Waals surface area (Å²) in [6.45, 7) is 2.12. The second-order valence-corrected chi connectivity index (χ2v) is 5.13. The van der Waals surface area contributed by atoms with Crippen LogP contribution in [0.5, 0.6) is 0 Å². The normalized spacial score (nSPS) is 19.2. The van der Waals surface area contributed by atoms with Gasteiger partial charge in [0.15, 0.2) is 0 Å². The highest BCUT2D eigenvalue weighted by atomic mass is 32.1. The lowest BCUT2D eigenvalue weighted by Gasteiger charge is -2.11. The van der Waals surface area contributed by atoms with Crippen LogP contribution >= 0.6 is 11.3 Å². The van der Waals surface area contributed by atoms with Crippen molar-refractivity contribution < 1.29 is 9.53 Å². The monoisotopic (exact) mass is 254 g/mol. The largest absolute Gasteiger partial charge is 0.376 e. The molecular formula is C12H18N2O2S. The standard InChI is InChI=1S/C12H18N2O2S/c15-12(14-9-10-3-1-7-16-10)13-6-5-11-4-2-8-17-11/h2,4,8,10H,1,3,5-7,9H2,(H2,13,14,15). The number of amides is 2. The minimum atomic E-state index is -0.0999. The summed E-state index contributed by atoms with van der Waals surface area (Å²) in [6.07, 6.45) is 3.25. The number of carbonyl (C=O) groups is 1. The van der Waals surface area contributed by atoms with Gasteiger partial charge in [0.2, 0.25) is 0 Å². The lowest BCUT2D eigenvalue weighted by molar-refractivity contribution is 0.111. The molecule has 5 heteroatoms. The summed E-state index contributed by atoms with van der Waals surface area (Å²) in [5, 5.41) is 7.73. The second kappa shape index (κ2) is 6.61. The van der Waals surface area contributed by atoms with Crippen LogP contribution in [-0.4, -0.2) is 31.8 Å². The first-order valence-corrected chi connectivity index (χ1v) is 6.88. The van der Waals surface area contributed by atoms with Gasteiger partial charge in [-0.15, -0.1) is 11.3 Å². The van der Waals surface area contributed by atoms with Gasteiger partial charge in [-0.05, 0) is 30.7 Å². The minimum Gasteiger partial charge on any atom is -0.376 e. The van der Waals surface area contributed by atoms with Gasteiger partial charge in [0.05, 0.1) is 6.10 Å². The third-order valence-electron chi connectivity index (χ3n) is 2.75. The maximum absolute atomic E-state index is 11.5. The van der Waals surface area contributed by atoms with E-state index in [-0.39, 0.29) is 12.1 Å². The Morgan fingerprint density at radius 1 is 1.53 bits per heavy atom. The highest BCUT2D eigenvalue weighted by molar-refractivity contribution is 7.09. The summed E-state index contributed by atoms with van der Waals surface area (Å²) in [4.78, 5) is 12.7. The molecule has 94 valence electrons. The van der Waals surface area contributed by atoms with E-state index in [9.17, 15) is 4.79 Å². The van der Waals surface area contributed by atoms with Crippen molar-refractivity contribution in [1.82, 2.24) is 10.6 Å². The van der Waals surface area contributed by atoms with Crippen molar-refractivity contribution in [2.75, 3.05) is 19.7 Å². The van der Waals surface area contributed by atoms with E-state index >= 15 is 0 Å². The molecule has 1 unspecified atom stereocenters. The van der Waals surface area contributed by atoms with Crippen LogP contribution in [0.4, 0.5) is 4.79 Å². The van der Waals surface area contributed by atoms with Gasteiger partial charge in [0.1, 0.15) is 0 Å². The first-order valence-electron chi connectivity index (χ1n) is 6.00. The van der Waals surface area contributed by atoms with Crippen LogP contribution in [0.1, 0.15) is 17.7 Å². The Morgan fingerprint density at radius 3 is 3.18 bits per heavy atom. The van der Waals surface area contributed by atoms with Crippen molar-refractivity contribution in [1.29, 1.82) is 0 Å². The number of nitrogens with one attached hydrogen (secondary N) is 2. The Morgan fingerprint density at radius 2 is 2.47 bits per heavy atom. The number of rotatable bonds is 5. The van der Waals surface area contributed by atoms with E-state index in [0.717, 1.165) is 25.9 Å². The van der Waals surface area contributed by atoms with Gasteiger partial charge in [-0.25, -0.2) is 4.79 Å². The number of hydrogen-bond acceptors (Lipinski definition) is 3. The van der Waals surface area contributed by atoms with Gasteiger partial charge in [0, 0.05) is 24.6 Å². The zero-order chi connectivity index (χ0) is 11.9. The molecule has 2 rings (SSSR count). The first kappa shape index (κ1) is 12.4. The fourth-order valence-corrected chi connectivity index (χ4v) is 2.54.